The van der Waals surface area contributed by atoms with Crippen LogP contribution in [0.2, 0.25) is 0 Å². The molecule has 0 heterocycles. The molecule has 0 aliphatic carbocycles. The molecule has 0 aliphatic rings. The number of thioether (sulfide) groups is 2. The van der Waals surface area contributed by atoms with Gasteiger partial charge in [0.05, 0.1) is 11.8 Å². The van der Waals surface area contributed by atoms with Gasteiger partial charge < -0.3 is 0 Å². The SMILES string of the molecule is CCS[CH+]CCCC(C)SCC. The van der Waals surface area contributed by atoms with Crippen LogP contribution in [0.5, 0.6) is 0 Å². The summed E-state index contributed by atoms with van der Waals surface area (Å²) in [6, 6.07) is 0. The molecule has 0 spiro atoms. The molecule has 0 rings (SSSR count). The zero-order chi connectivity index (χ0) is 9.23. The number of rotatable bonds is 8. The third kappa shape index (κ3) is 8.66. The molecule has 1 unspecified atom stereocenters. The smallest absolute Gasteiger partial charge is 0.142 e. The second-order valence-electron chi connectivity index (χ2n) is 2.82. The van der Waals surface area contributed by atoms with Crippen molar-refractivity contribution >= 4 is 23.5 Å². The summed E-state index contributed by atoms with van der Waals surface area (Å²) < 4.78 is 0. The molecule has 0 saturated heterocycles. The van der Waals surface area contributed by atoms with Crippen LogP contribution in [-0.2, 0) is 0 Å². The summed E-state index contributed by atoms with van der Waals surface area (Å²) in [7, 11) is 0. The van der Waals surface area contributed by atoms with Crippen molar-refractivity contribution in [2.75, 3.05) is 11.5 Å². The van der Waals surface area contributed by atoms with Gasteiger partial charge in [0.25, 0.3) is 0 Å². The first-order chi connectivity index (χ1) is 5.81. The third-order valence-corrected chi connectivity index (χ3v) is 3.61. The lowest BCUT2D eigenvalue weighted by atomic mass is 10.2. The molecule has 1 atom stereocenters. The van der Waals surface area contributed by atoms with Gasteiger partial charge in [-0.3, -0.25) is 0 Å². The number of unbranched alkanes of at least 4 members (excludes halogenated alkanes) is 1. The van der Waals surface area contributed by atoms with Gasteiger partial charge in [0.1, 0.15) is 12.2 Å². The Labute approximate surface area is 86.3 Å². The van der Waals surface area contributed by atoms with Crippen molar-refractivity contribution in [1.29, 1.82) is 0 Å². The summed E-state index contributed by atoms with van der Waals surface area (Å²) in [5, 5.41) is 0.857. The van der Waals surface area contributed by atoms with Crippen LogP contribution in [0.3, 0.4) is 0 Å². The molecule has 0 bridgehead atoms. The van der Waals surface area contributed by atoms with E-state index < -0.39 is 0 Å². The lowest BCUT2D eigenvalue weighted by molar-refractivity contribution is 0.736. The fourth-order valence-electron chi connectivity index (χ4n) is 1.06. The first-order valence-electron chi connectivity index (χ1n) is 4.86. The van der Waals surface area contributed by atoms with Crippen molar-refractivity contribution in [1.82, 2.24) is 0 Å². The molecule has 0 aromatic carbocycles. The van der Waals surface area contributed by atoms with Gasteiger partial charge in [-0.05, 0) is 18.6 Å². The van der Waals surface area contributed by atoms with Crippen LogP contribution in [0.4, 0.5) is 0 Å². The molecule has 0 aromatic rings. The molecule has 0 aromatic heterocycles. The predicted octanol–water partition coefficient (Wildman–Crippen LogP) is 4.21. The van der Waals surface area contributed by atoms with Gasteiger partial charge in [0.2, 0.25) is 0 Å². The maximum absolute atomic E-state index is 2.35. The second kappa shape index (κ2) is 9.66. The van der Waals surface area contributed by atoms with Crippen molar-refractivity contribution in [3.8, 4) is 0 Å². The van der Waals surface area contributed by atoms with E-state index in [-0.39, 0.29) is 0 Å². The van der Waals surface area contributed by atoms with Crippen molar-refractivity contribution < 1.29 is 0 Å². The van der Waals surface area contributed by atoms with Crippen molar-refractivity contribution in [3.63, 3.8) is 0 Å². The monoisotopic (exact) mass is 205 g/mol. The molecule has 0 amide bonds. The van der Waals surface area contributed by atoms with E-state index in [0.717, 1.165) is 5.25 Å². The molecule has 0 fully saturated rings. The summed E-state index contributed by atoms with van der Waals surface area (Å²) >= 11 is 4.02. The quantitative estimate of drug-likeness (QED) is 0.430. The summed E-state index contributed by atoms with van der Waals surface area (Å²) in [5.41, 5.74) is 0. The molecular weight excluding hydrogens is 184 g/mol. The average Bonchev–Trinajstić information content (AvgIpc) is 2.05. The summed E-state index contributed by atoms with van der Waals surface area (Å²) in [6.07, 6.45) is 4.02. The Morgan fingerprint density at radius 2 is 2.00 bits per heavy atom. The Morgan fingerprint density at radius 3 is 2.58 bits per heavy atom. The van der Waals surface area contributed by atoms with Crippen LogP contribution in [0, 0.1) is 5.75 Å². The first kappa shape index (κ1) is 12.6. The maximum atomic E-state index is 2.35. The molecule has 2 heteroatoms. The van der Waals surface area contributed by atoms with Crippen molar-refractivity contribution in [3.05, 3.63) is 5.75 Å². The minimum atomic E-state index is 0.857. The summed E-state index contributed by atoms with van der Waals surface area (Å²) in [4.78, 5) is 0. The minimum absolute atomic E-state index is 0.857. The average molecular weight is 205 g/mol. The Hall–Kier alpha value is 0.570. The molecule has 0 saturated carbocycles. The molecule has 0 nitrogen and oxygen atoms in total. The van der Waals surface area contributed by atoms with Crippen LogP contribution in [0.25, 0.3) is 0 Å². The van der Waals surface area contributed by atoms with Gasteiger partial charge in [-0.1, -0.05) is 20.8 Å². The van der Waals surface area contributed by atoms with E-state index in [2.05, 4.69) is 38.3 Å². The van der Waals surface area contributed by atoms with Gasteiger partial charge >= 0.3 is 0 Å². The standard InChI is InChI=1S/C10H21S2/c1-4-11-9-7-6-8-10(3)12-5-2/h9-10H,4-8H2,1-3H3/q+1. The Bertz CT molecular complexity index is 83.9. The lowest BCUT2D eigenvalue weighted by Crippen LogP contribution is -1.95. The number of hydrogen-bond donors (Lipinski definition) is 0. The van der Waals surface area contributed by atoms with E-state index in [1.807, 2.05) is 11.8 Å². The van der Waals surface area contributed by atoms with Crippen LogP contribution in [0.1, 0.15) is 40.0 Å². The highest BCUT2D eigenvalue weighted by molar-refractivity contribution is 8.01. The molecule has 0 radical (unpaired) electrons. The van der Waals surface area contributed by atoms with E-state index >= 15 is 0 Å². The van der Waals surface area contributed by atoms with E-state index in [0.29, 0.717) is 0 Å². The Balaban J connectivity index is 2.97. The molecule has 12 heavy (non-hydrogen) atoms. The third-order valence-electron chi connectivity index (χ3n) is 1.67. The zero-order valence-electron chi connectivity index (χ0n) is 8.51. The van der Waals surface area contributed by atoms with E-state index in [4.69, 9.17) is 0 Å². The molecular formula is C10H21S2+. The topological polar surface area (TPSA) is 0 Å². The van der Waals surface area contributed by atoms with Crippen molar-refractivity contribution in [2.24, 2.45) is 0 Å². The highest BCUT2D eigenvalue weighted by atomic mass is 32.2. The van der Waals surface area contributed by atoms with Crippen molar-refractivity contribution in [2.45, 2.75) is 45.3 Å². The normalized spacial score (nSPS) is 12.9. The van der Waals surface area contributed by atoms with Gasteiger partial charge in [-0.25, -0.2) is 0 Å². The summed E-state index contributed by atoms with van der Waals surface area (Å²) in [6.45, 7) is 6.78. The van der Waals surface area contributed by atoms with E-state index in [1.165, 1.54) is 30.8 Å². The molecule has 0 N–H and O–H groups in total. The molecule has 0 aliphatic heterocycles. The van der Waals surface area contributed by atoms with Gasteiger partial charge in [-0.2, -0.15) is 11.8 Å². The van der Waals surface area contributed by atoms with Gasteiger partial charge in [-0.15, -0.1) is 0 Å². The van der Waals surface area contributed by atoms with Crippen LogP contribution >= 0.6 is 23.5 Å². The van der Waals surface area contributed by atoms with E-state index in [1.54, 1.807) is 0 Å². The lowest BCUT2D eigenvalue weighted by Gasteiger charge is -2.06. The first-order valence-corrected chi connectivity index (χ1v) is 6.95. The zero-order valence-corrected chi connectivity index (χ0v) is 10.1. The van der Waals surface area contributed by atoms with Crippen LogP contribution < -0.4 is 0 Å². The van der Waals surface area contributed by atoms with Gasteiger partial charge in [0.15, 0.2) is 0 Å². The summed E-state index contributed by atoms with van der Waals surface area (Å²) in [5.74, 6) is 4.83. The Kier molecular flexibility index (Phi) is 10.1. The van der Waals surface area contributed by atoms with Crippen LogP contribution in [0.15, 0.2) is 0 Å². The van der Waals surface area contributed by atoms with Crippen LogP contribution in [-0.4, -0.2) is 16.8 Å². The largest absolute Gasteiger partial charge is 0.159 e. The fraction of sp³-hybridized carbons (Fsp3) is 0.900. The predicted molar refractivity (Wildman–Crippen MR) is 63.9 cm³/mol. The highest BCUT2D eigenvalue weighted by Crippen LogP contribution is 2.18. The molecule has 72 valence electrons. The maximum Gasteiger partial charge on any atom is 0.142 e. The van der Waals surface area contributed by atoms with E-state index in [9.17, 15) is 0 Å². The second-order valence-corrected chi connectivity index (χ2v) is 5.78. The minimum Gasteiger partial charge on any atom is -0.159 e. The number of hydrogen-bond acceptors (Lipinski definition) is 2. The Morgan fingerprint density at radius 1 is 1.25 bits per heavy atom. The fourth-order valence-corrected chi connectivity index (χ4v) is 2.53. The van der Waals surface area contributed by atoms with Gasteiger partial charge in [0, 0.05) is 11.0 Å². The highest BCUT2D eigenvalue weighted by Gasteiger charge is 2.03.